The van der Waals surface area contributed by atoms with E-state index in [4.69, 9.17) is 0 Å². The lowest BCUT2D eigenvalue weighted by Crippen LogP contribution is -2.22. The van der Waals surface area contributed by atoms with Crippen molar-refractivity contribution in [3.63, 3.8) is 0 Å². The normalized spacial score (nSPS) is 22.6. The van der Waals surface area contributed by atoms with E-state index in [9.17, 15) is 0 Å². The molecule has 0 amide bonds. The second-order valence-electron chi connectivity index (χ2n) is 5.26. The molecule has 0 spiro atoms. The molecule has 0 radical (unpaired) electrons. The zero-order chi connectivity index (χ0) is 11.0. The zero-order valence-electron chi connectivity index (χ0n) is 10.1. The third kappa shape index (κ3) is 1.82. The Balaban J connectivity index is 1.82. The maximum Gasteiger partial charge on any atom is 0.0441 e. The Hall–Kier alpha value is -0.340. The monoisotopic (exact) mass is 235 g/mol. The predicted molar refractivity (Wildman–Crippen MR) is 70.1 cm³/mol. The fourth-order valence-corrected chi connectivity index (χ4v) is 4.87. The largest absolute Gasteiger partial charge is 0.312 e. The predicted octanol–water partition coefficient (Wildman–Crippen LogP) is 3.69. The summed E-state index contributed by atoms with van der Waals surface area (Å²) in [4.78, 5) is 3.28. The van der Waals surface area contributed by atoms with Crippen LogP contribution >= 0.6 is 11.3 Å². The molecule has 2 aliphatic carbocycles. The van der Waals surface area contributed by atoms with E-state index < -0.39 is 0 Å². The summed E-state index contributed by atoms with van der Waals surface area (Å²) in [5, 5.41) is 3.56. The van der Waals surface area contributed by atoms with Crippen LogP contribution in [0.2, 0.25) is 0 Å². The van der Waals surface area contributed by atoms with Gasteiger partial charge in [0, 0.05) is 15.8 Å². The van der Waals surface area contributed by atoms with Gasteiger partial charge in [-0.1, -0.05) is 12.8 Å². The van der Waals surface area contributed by atoms with E-state index >= 15 is 0 Å². The van der Waals surface area contributed by atoms with E-state index in [0.29, 0.717) is 6.04 Å². The second kappa shape index (κ2) is 4.50. The molecule has 3 rings (SSSR count). The van der Waals surface area contributed by atoms with Gasteiger partial charge in [-0.3, -0.25) is 0 Å². The van der Waals surface area contributed by atoms with Crippen LogP contribution in [0.4, 0.5) is 0 Å². The highest BCUT2D eigenvalue weighted by atomic mass is 32.1. The van der Waals surface area contributed by atoms with Gasteiger partial charge in [0.1, 0.15) is 0 Å². The van der Waals surface area contributed by atoms with Crippen LogP contribution in [0.5, 0.6) is 0 Å². The summed E-state index contributed by atoms with van der Waals surface area (Å²) >= 11 is 2.08. The standard InChI is InChI=1S/C14H21NS/c1-15-14(10-5-2-3-6-10)13-9-11-7-4-8-12(11)16-13/h9-10,14-15H,2-8H2,1H3. The van der Waals surface area contributed by atoms with Crippen LogP contribution in [0, 0.1) is 5.92 Å². The van der Waals surface area contributed by atoms with Gasteiger partial charge in [0.15, 0.2) is 0 Å². The molecule has 1 heterocycles. The fraction of sp³-hybridized carbons (Fsp3) is 0.714. The molecule has 0 aliphatic heterocycles. The summed E-state index contributed by atoms with van der Waals surface area (Å²) in [5.41, 5.74) is 1.65. The lowest BCUT2D eigenvalue weighted by atomic mass is 9.96. The van der Waals surface area contributed by atoms with Gasteiger partial charge in [-0.05, 0) is 56.7 Å². The smallest absolute Gasteiger partial charge is 0.0441 e. The third-order valence-corrected chi connectivity index (χ3v) is 5.57. The highest BCUT2D eigenvalue weighted by Crippen LogP contribution is 2.40. The average Bonchev–Trinajstić information content (AvgIpc) is 2.91. The number of aryl methyl sites for hydroxylation is 2. The maximum atomic E-state index is 3.56. The minimum atomic E-state index is 0.637. The zero-order valence-corrected chi connectivity index (χ0v) is 10.9. The number of hydrogen-bond donors (Lipinski definition) is 1. The highest BCUT2D eigenvalue weighted by Gasteiger charge is 2.27. The van der Waals surface area contributed by atoms with Gasteiger partial charge in [0.2, 0.25) is 0 Å². The van der Waals surface area contributed by atoms with Crippen molar-refractivity contribution in [3.8, 4) is 0 Å². The average molecular weight is 235 g/mol. The highest BCUT2D eigenvalue weighted by molar-refractivity contribution is 7.12. The van der Waals surface area contributed by atoms with Gasteiger partial charge in [-0.2, -0.15) is 0 Å². The van der Waals surface area contributed by atoms with E-state index in [2.05, 4.69) is 29.8 Å². The van der Waals surface area contributed by atoms with Gasteiger partial charge in [0.25, 0.3) is 0 Å². The van der Waals surface area contributed by atoms with Gasteiger partial charge in [-0.25, -0.2) is 0 Å². The molecule has 16 heavy (non-hydrogen) atoms. The number of nitrogens with one attached hydrogen (secondary N) is 1. The van der Waals surface area contributed by atoms with Crippen LogP contribution in [0.1, 0.15) is 53.5 Å². The molecule has 1 unspecified atom stereocenters. The molecular weight excluding hydrogens is 214 g/mol. The van der Waals surface area contributed by atoms with E-state index in [1.165, 1.54) is 44.9 Å². The van der Waals surface area contributed by atoms with Crippen LogP contribution < -0.4 is 5.32 Å². The fourth-order valence-electron chi connectivity index (χ4n) is 3.41. The van der Waals surface area contributed by atoms with Crippen LogP contribution in [0.3, 0.4) is 0 Å². The van der Waals surface area contributed by atoms with Crippen molar-refractivity contribution in [2.45, 2.75) is 51.0 Å². The van der Waals surface area contributed by atoms with Crippen molar-refractivity contribution in [1.29, 1.82) is 0 Å². The number of rotatable bonds is 3. The van der Waals surface area contributed by atoms with Gasteiger partial charge >= 0.3 is 0 Å². The van der Waals surface area contributed by atoms with Crippen LogP contribution in [0.25, 0.3) is 0 Å². The first-order valence-corrected chi connectivity index (χ1v) is 7.49. The first-order valence-electron chi connectivity index (χ1n) is 6.67. The van der Waals surface area contributed by atoms with E-state index in [1.54, 1.807) is 15.3 Å². The summed E-state index contributed by atoms with van der Waals surface area (Å²) in [6.45, 7) is 0. The van der Waals surface area contributed by atoms with Crippen molar-refractivity contribution in [2.24, 2.45) is 5.92 Å². The molecule has 2 aliphatic rings. The summed E-state index contributed by atoms with van der Waals surface area (Å²) in [7, 11) is 2.13. The molecule has 1 atom stereocenters. The molecule has 1 fully saturated rings. The molecular formula is C14H21NS. The van der Waals surface area contributed by atoms with Gasteiger partial charge < -0.3 is 5.32 Å². The molecule has 0 bridgehead atoms. The van der Waals surface area contributed by atoms with Gasteiger partial charge in [0.05, 0.1) is 0 Å². The van der Waals surface area contributed by atoms with Crippen molar-refractivity contribution in [3.05, 3.63) is 21.4 Å². The molecule has 88 valence electrons. The van der Waals surface area contributed by atoms with Crippen molar-refractivity contribution in [2.75, 3.05) is 7.05 Å². The number of fused-ring (bicyclic) bond motifs is 1. The van der Waals surface area contributed by atoms with Crippen molar-refractivity contribution >= 4 is 11.3 Å². The Bertz CT molecular complexity index is 341. The Morgan fingerprint density at radius 1 is 1.25 bits per heavy atom. The lowest BCUT2D eigenvalue weighted by molar-refractivity contribution is 0.395. The van der Waals surface area contributed by atoms with Crippen LogP contribution in [0.15, 0.2) is 6.07 Å². The first kappa shape index (κ1) is 10.8. The Morgan fingerprint density at radius 3 is 2.75 bits per heavy atom. The van der Waals surface area contributed by atoms with E-state index in [0.717, 1.165) is 5.92 Å². The summed E-state index contributed by atoms with van der Waals surface area (Å²) in [6, 6.07) is 3.13. The quantitative estimate of drug-likeness (QED) is 0.842. The summed E-state index contributed by atoms with van der Waals surface area (Å²) in [5.74, 6) is 0.892. The lowest BCUT2D eigenvalue weighted by Gasteiger charge is -2.21. The molecule has 1 nitrogen and oxygen atoms in total. The Morgan fingerprint density at radius 2 is 2.06 bits per heavy atom. The molecule has 0 aromatic carbocycles. The van der Waals surface area contributed by atoms with E-state index in [1.807, 2.05) is 0 Å². The third-order valence-electron chi connectivity index (χ3n) is 4.25. The van der Waals surface area contributed by atoms with Crippen molar-refractivity contribution < 1.29 is 0 Å². The second-order valence-corrected chi connectivity index (χ2v) is 6.43. The SMILES string of the molecule is CNC(c1cc2c(s1)CCC2)C1CCCC1. The topological polar surface area (TPSA) is 12.0 Å². The van der Waals surface area contributed by atoms with E-state index in [-0.39, 0.29) is 0 Å². The summed E-state index contributed by atoms with van der Waals surface area (Å²) < 4.78 is 0. The number of thiophene rings is 1. The molecule has 1 N–H and O–H groups in total. The molecule has 1 aromatic heterocycles. The van der Waals surface area contributed by atoms with Gasteiger partial charge in [-0.15, -0.1) is 11.3 Å². The molecule has 1 aromatic rings. The number of hydrogen-bond acceptors (Lipinski definition) is 2. The summed E-state index contributed by atoms with van der Waals surface area (Å²) in [6.07, 6.45) is 9.77. The van der Waals surface area contributed by atoms with Crippen molar-refractivity contribution in [1.82, 2.24) is 5.32 Å². The Kier molecular flexibility index (Phi) is 3.03. The minimum Gasteiger partial charge on any atom is -0.312 e. The minimum absolute atomic E-state index is 0.637. The molecule has 1 saturated carbocycles. The van der Waals surface area contributed by atoms with Crippen LogP contribution in [-0.2, 0) is 12.8 Å². The Labute approximate surface area is 102 Å². The van der Waals surface area contributed by atoms with Crippen LogP contribution in [-0.4, -0.2) is 7.05 Å². The molecule has 2 heteroatoms. The first-order chi connectivity index (χ1) is 7.88. The molecule has 0 saturated heterocycles. The maximum absolute atomic E-state index is 3.56.